The van der Waals surface area contributed by atoms with Crippen molar-refractivity contribution in [1.29, 1.82) is 0 Å². The van der Waals surface area contributed by atoms with E-state index >= 15 is 0 Å². The zero-order chi connectivity index (χ0) is 9.97. The fraction of sp³-hybridized carbons (Fsp3) is 0.417. The van der Waals surface area contributed by atoms with Crippen molar-refractivity contribution in [1.82, 2.24) is 0 Å². The van der Waals surface area contributed by atoms with E-state index in [1.165, 1.54) is 0 Å². The number of carbonyl (C=O) groups is 1. The Morgan fingerprint density at radius 3 is 3.00 bits per heavy atom. The molecule has 2 heteroatoms. The lowest BCUT2D eigenvalue weighted by molar-refractivity contribution is 0.0951. The number of hydrogen-bond donors (Lipinski definition) is 0. The van der Waals surface area contributed by atoms with Gasteiger partial charge in [0.25, 0.3) is 0 Å². The zero-order valence-electron chi connectivity index (χ0n) is 8.32. The van der Waals surface area contributed by atoms with E-state index in [-0.39, 0.29) is 5.78 Å². The second-order valence-corrected chi connectivity index (χ2v) is 3.70. The van der Waals surface area contributed by atoms with Crippen LogP contribution in [0.15, 0.2) is 24.3 Å². The third-order valence-electron chi connectivity index (χ3n) is 2.79. The lowest BCUT2D eigenvalue weighted by atomic mass is 9.82. The van der Waals surface area contributed by atoms with Crippen molar-refractivity contribution >= 4 is 5.78 Å². The molecule has 1 aromatic rings. The van der Waals surface area contributed by atoms with Crippen LogP contribution in [0, 0.1) is 0 Å². The van der Waals surface area contributed by atoms with E-state index in [1.807, 2.05) is 24.3 Å². The third kappa shape index (κ3) is 1.58. The molecule has 0 radical (unpaired) electrons. The fourth-order valence-corrected chi connectivity index (χ4v) is 2.08. The molecule has 0 spiro atoms. The van der Waals surface area contributed by atoms with Crippen molar-refractivity contribution in [2.45, 2.75) is 18.8 Å². The number of methoxy groups -OCH3 is 1. The number of fused-ring (bicyclic) bond motifs is 1. The minimum atomic E-state index is 0.271. The highest BCUT2D eigenvalue weighted by atomic mass is 16.5. The van der Waals surface area contributed by atoms with E-state index in [9.17, 15) is 4.79 Å². The molecule has 1 atom stereocenters. The SMILES string of the molecule is COCC1CCC(=O)c2ccccc21. The van der Waals surface area contributed by atoms with Crippen LogP contribution < -0.4 is 0 Å². The van der Waals surface area contributed by atoms with Crippen LogP contribution in [-0.2, 0) is 4.74 Å². The van der Waals surface area contributed by atoms with Crippen molar-refractivity contribution in [2.24, 2.45) is 0 Å². The van der Waals surface area contributed by atoms with Crippen molar-refractivity contribution in [3.63, 3.8) is 0 Å². The summed E-state index contributed by atoms with van der Waals surface area (Å²) in [4.78, 5) is 11.6. The average molecular weight is 190 g/mol. The molecular formula is C12H14O2. The van der Waals surface area contributed by atoms with Gasteiger partial charge in [0.05, 0.1) is 6.61 Å². The van der Waals surface area contributed by atoms with Crippen LogP contribution in [0.4, 0.5) is 0 Å². The van der Waals surface area contributed by atoms with Crippen LogP contribution in [0.3, 0.4) is 0 Å². The minimum Gasteiger partial charge on any atom is -0.384 e. The van der Waals surface area contributed by atoms with Gasteiger partial charge in [-0.1, -0.05) is 24.3 Å². The van der Waals surface area contributed by atoms with Gasteiger partial charge in [-0.25, -0.2) is 0 Å². The van der Waals surface area contributed by atoms with Gasteiger partial charge in [-0.2, -0.15) is 0 Å². The Balaban J connectivity index is 2.36. The molecule has 0 saturated heterocycles. The molecule has 74 valence electrons. The molecule has 0 aliphatic heterocycles. The maximum Gasteiger partial charge on any atom is 0.163 e. The van der Waals surface area contributed by atoms with Crippen molar-refractivity contribution in [3.05, 3.63) is 35.4 Å². The van der Waals surface area contributed by atoms with Crippen LogP contribution in [0.5, 0.6) is 0 Å². The summed E-state index contributed by atoms with van der Waals surface area (Å²) >= 11 is 0. The number of ketones is 1. The Kier molecular flexibility index (Phi) is 2.64. The smallest absolute Gasteiger partial charge is 0.163 e. The number of rotatable bonds is 2. The van der Waals surface area contributed by atoms with Gasteiger partial charge >= 0.3 is 0 Å². The van der Waals surface area contributed by atoms with Crippen molar-refractivity contribution in [3.8, 4) is 0 Å². The lowest BCUT2D eigenvalue weighted by Crippen LogP contribution is -2.18. The molecule has 0 fully saturated rings. The van der Waals surface area contributed by atoms with Gasteiger partial charge in [-0.15, -0.1) is 0 Å². The van der Waals surface area contributed by atoms with Crippen molar-refractivity contribution < 1.29 is 9.53 Å². The van der Waals surface area contributed by atoms with E-state index < -0.39 is 0 Å². The average Bonchev–Trinajstić information content (AvgIpc) is 2.23. The summed E-state index contributed by atoms with van der Waals surface area (Å²) in [7, 11) is 1.71. The molecule has 1 aliphatic carbocycles. The number of hydrogen-bond acceptors (Lipinski definition) is 2. The lowest BCUT2D eigenvalue weighted by Gasteiger charge is -2.23. The molecule has 0 N–H and O–H groups in total. The molecule has 1 aliphatic rings. The van der Waals surface area contributed by atoms with Gasteiger partial charge in [0, 0.05) is 25.0 Å². The predicted octanol–water partition coefficient (Wildman–Crippen LogP) is 2.39. The van der Waals surface area contributed by atoms with E-state index in [4.69, 9.17) is 4.74 Å². The molecule has 0 aromatic heterocycles. The summed E-state index contributed by atoms with van der Waals surface area (Å²) in [5.41, 5.74) is 2.05. The molecular weight excluding hydrogens is 176 g/mol. The third-order valence-corrected chi connectivity index (χ3v) is 2.79. The molecule has 2 rings (SSSR count). The Morgan fingerprint density at radius 1 is 1.43 bits per heavy atom. The summed E-state index contributed by atoms with van der Waals surface area (Å²) in [6.07, 6.45) is 1.58. The summed E-state index contributed by atoms with van der Waals surface area (Å²) in [6, 6.07) is 7.86. The first-order valence-electron chi connectivity index (χ1n) is 4.94. The Labute approximate surface area is 83.9 Å². The number of carbonyl (C=O) groups excluding carboxylic acids is 1. The molecule has 1 unspecified atom stereocenters. The van der Waals surface area contributed by atoms with E-state index in [2.05, 4.69) is 0 Å². The Morgan fingerprint density at radius 2 is 2.21 bits per heavy atom. The number of ether oxygens (including phenoxy) is 1. The minimum absolute atomic E-state index is 0.271. The van der Waals surface area contributed by atoms with Gasteiger partial charge in [0.2, 0.25) is 0 Å². The van der Waals surface area contributed by atoms with E-state index in [0.717, 1.165) is 17.5 Å². The normalized spacial score (nSPS) is 20.6. The van der Waals surface area contributed by atoms with Crippen LogP contribution in [0.25, 0.3) is 0 Å². The molecule has 0 amide bonds. The number of benzene rings is 1. The summed E-state index contributed by atoms with van der Waals surface area (Å²) < 4.78 is 5.16. The van der Waals surface area contributed by atoms with E-state index in [1.54, 1.807) is 7.11 Å². The van der Waals surface area contributed by atoms with Crippen molar-refractivity contribution in [2.75, 3.05) is 13.7 Å². The molecule has 0 heterocycles. The molecule has 14 heavy (non-hydrogen) atoms. The highest BCUT2D eigenvalue weighted by molar-refractivity contribution is 5.98. The molecule has 0 bridgehead atoms. The standard InChI is InChI=1S/C12H14O2/c1-14-8-9-6-7-12(13)11-5-3-2-4-10(9)11/h2-5,9H,6-8H2,1H3. The first kappa shape index (κ1) is 9.41. The van der Waals surface area contributed by atoms with Gasteiger partial charge < -0.3 is 4.74 Å². The Bertz CT molecular complexity index is 344. The quantitative estimate of drug-likeness (QED) is 0.715. The maximum atomic E-state index is 11.6. The molecule has 2 nitrogen and oxygen atoms in total. The van der Waals surface area contributed by atoms with Crippen LogP contribution in [-0.4, -0.2) is 19.5 Å². The van der Waals surface area contributed by atoms with Crippen LogP contribution in [0.1, 0.15) is 34.7 Å². The predicted molar refractivity (Wildman–Crippen MR) is 54.6 cm³/mol. The van der Waals surface area contributed by atoms with Gasteiger partial charge in [-0.3, -0.25) is 4.79 Å². The first-order valence-corrected chi connectivity index (χ1v) is 4.94. The topological polar surface area (TPSA) is 26.3 Å². The zero-order valence-corrected chi connectivity index (χ0v) is 8.32. The second-order valence-electron chi connectivity index (χ2n) is 3.70. The largest absolute Gasteiger partial charge is 0.384 e. The van der Waals surface area contributed by atoms with E-state index in [0.29, 0.717) is 18.9 Å². The highest BCUT2D eigenvalue weighted by Gasteiger charge is 2.24. The summed E-state index contributed by atoms with van der Waals surface area (Å²) in [6.45, 7) is 0.713. The summed E-state index contributed by atoms with van der Waals surface area (Å²) in [5, 5.41) is 0. The first-order chi connectivity index (χ1) is 6.83. The fourth-order valence-electron chi connectivity index (χ4n) is 2.08. The van der Waals surface area contributed by atoms with Crippen LogP contribution >= 0.6 is 0 Å². The second kappa shape index (κ2) is 3.93. The molecule has 0 saturated carbocycles. The summed E-state index contributed by atoms with van der Waals surface area (Å²) in [5.74, 6) is 0.668. The Hall–Kier alpha value is -1.15. The maximum absolute atomic E-state index is 11.6. The number of Topliss-reactive ketones (excluding diaryl/α,β-unsaturated/α-hetero) is 1. The monoisotopic (exact) mass is 190 g/mol. The molecule has 1 aromatic carbocycles. The van der Waals surface area contributed by atoms with Gasteiger partial charge in [0.1, 0.15) is 0 Å². The van der Waals surface area contributed by atoms with Gasteiger partial charge in [-0.05, 0) is 12.0 Å². The van der Waals surface area contributed by atoms with Gasteiger partial charge in [0.15, 0.2) is 5.78 Å². The van der Waals surface area contributed by atoms with Crippen LogP contribution in [0.2, 0.25) is 0 Å². The highest BCUT2D eigenvalue weighted by Crippen LogP contribution is 2.31.